The van der Waals surface area contributed by atoms with Crippen LogP contribution in [0.15, 0.2) is 30.3 Å². The summed E-state index contributed by atoms with van der Waals surface area (Å²) in [6.07, 6.45) is 1.30. The van der Waals surface area contributed by atoms with Gasteiger partial charge in [0.15, 0.2) is 0 Å². The molecule has 0 bridgehead atoms. The van der Waals surface area contributed by atoms with Crippen molar-refractivity contribution in [1.82, 2.24) is 30.7 Å². The zero-order chi connectivity index (χ0) is 44.4. The number of methoxy groups -OCH3 is 2. The van der Waals surface area contributed by atoms with Crippen LogP contribution in [-0.4, -0.2) is 154 Å². The number of carbonyl (C=O) groups excluding carboxylic acids is 6. The minimum atomic E-state index is -0.907. The molecule has 16 nitrogen and oxygen atoms in total. The van der Waals surface area contributed by atoms with Crippen molar-refractivity contribution in [2.24, 2.45) is 23.5 Å². The molecule has 0 spiro atoms. The van der Waals surface area contributed by atoms with Crippen LogP contribution in [0, 0.1) is 17.8 Å². The van der Waals surface area contributed by atoms with E-state index in [0.29, 0.717) is 25.8 Å². The first kappa shape index (κ1) is 51.0. The number of nitrogens with zero attached hydrogens (tertiary/aromatic N) is 3. The summed E-state index contributed by atoms with van der Waals surface area (Å²) in [4.78, 5) is 84.9. The summed E-state index contributed by atoms with van der Waals surface area (Å²) < 4.78 is 17.0. The quantitative estimate of drug-likeness (QED) is 0.0827. The van der Waals surface area contributed by atoms with Crippen LogP contribution in [0.25, 0.3) is 0 Å². The number of nitrogens with two attached hydrogens (primary N) is 1. The lowest BCUT2D eigenvalue weighted by Gasteiger charge is -2.39. The Hall–Kier alpha value is -4.12. The summed E-state index contributed by atoms with van der Waals surface area (Å²) >= 11 is 0. The van der Waals surface area contributed by atoms with Crippen molar-refractivity contribution in [2.75, 3.05) is 61.6 Å². The molecule has 0 aromatic heterocycles. The molecule has 1 saturated heterocycles. The molecule has 9 unspecified atom stereocenters. The van der Waals surface area contributed by atoms with E-state index in [2.05, 4.69) is 16.0 Å². The van der Waals surface area contributed by atoms with Gasteiger partial charge in [-0.05, 0) is 57.7 Å². The highest BCUT2D eigenvalue weighted by Crippen LogP contribution is 2.29. The maximum atomic E-state index is 14.2. The Morgan fingerprint density at radius 1 is 0.915 bits per heavy atom. The van der Waals surface area contributed by atoms with Gasteiger partial charge in [0.2, 0.25) is 29.5 Å². The topological polar surface area (TPSA) is 202 Å². The van der Waals surface area contributed by atoms with Crippen LogP contribution in [0.5, 0.6) is 0 Å². The smallest absolute Gasteiger partial charge is 0.322 e. The van der Waals surface area contributed by atoms with Gasteiger partial charge in [0.05, 0.1) is 55.8 Å². The fourth-order valence-electron chi connectivity index (χ4n) is 7.92. The predicted molar refractivity (Wildman–Crippen MR) is 226 cm³/mol. The summed E-state index contributed by atoms with van der Waals surface area (Å²) in [6.45, 7) is 11.8. The lowest BCUT2D eigenvalue weighted by atomic mass is 9.90. The average Bonchev–Trinajstić information content (AvgIpc) is 3.68. The molecule has 1 aliphatic rings. The van der Waals surface area contributed by atoms with E-state index in [1.807, 2.05) is 77.0 Å². The third-order valence-electron chi connectivity index (χ3n) is 11.3. The van der Waals surface area contributed by atoms with Crippen LogP contribution in [-0.2, 0) is 49.4 Å². The number of hydrogen-bond donors (Lipinski definition) is 4. The number of likely N-dealkylation sites (tertiary alicyclic amines) is 1. The molecular weight excluding hydrogens is 759 g/mol. The molecule has 1 heterocycles. The Morgan fingerprint density at radius 3 is 2.14 bits per heavy atom. The van der Waals surface area contributed by atoms with Crippen molar-refractivity contribution in [1.29, 1.82) is 0 Å². The molecule has 5 N–H and O–H groups in total. The lowest BCUT2D eigenvalue weighted by Crippen LogP contribution is -2.55. The van der Waals surface area contributed by atoms with E-state index in [0.717, 1.165) is 12.0 Å². The predicted octanol–water partition coefficient (Wildman–Crippen LogP) is 1.73. The summed E-state index contributed by atoms with van der Waals surface area (Å²) in [5.41, 5.74) is 6.39. The van der Waals surface area contributed by atoms with Gasteiger partial charge in [0, 0.05) is 40.8 Å². The maximum Gasteiger partial charge on any atom is 0.322 e. The van der Waals surface area contributed by atoms with E-state index in [1.54, 1.807) is 23.8 Å². The third kappa shape index (κ3) is 15.5. The first-order valence-corrected chi connectivity index (χ1v) is 21.0. The number of amides is 5. The number of esters is 1. The maximum absolute atomic E-state index is 14.2. The second-order valence-corrected chi connectivity index (χ2v) is 16.4. The summed E-state index contributed by atoms with van der Waals surface area (Å²) in [5, 5.41) is 8.57. The number of benzene rings is 1. The lowest BCUT2D eigenvalue weighted by molar-refractivity contribution is -0.146. The number of hydrogen-bond acceptors (Lipinski definition) is 11. The van der Waals surface area contributed by atoms with Crippen molar-refractivity contribution >= 4 is 35.5 Å². The van der Waals surface area contributed by atoms with Crippen LogP contribution in [0.4, 0.5) is 0 Å². The highest BCUT2D eigenvalue weighted by molar-refractivity contribution is 5.89. The Morgan fingerprint density at radius 2 is 1.58 bits per heavy atom. The molecule has 1 aromatic rings. The second-order valence-electron chi connectivity index (χ2n) is 16.4. The zero-order valence-electron chi connectivity index (χ0n) is 37.3. The van der Waals surface area contributed by atoms with Gasteiger partial charge in [-0.1, -0.05) is 71.4 Å². The van der Waals surface area contributed by atoms with Crippen LogP contribution in [0.2, 0.25) is 0 Å². The summed E-state index contributed by atoms with van der Waals surface area (Å²) in [5.74, 6) is -2.75. The minimum absolute atomic E-state index is 0.0111. The van der Waals surface area contributed by atoms with E-state index in [4.69, 9.17) is 19.9 Å². The molecule has 9 atom stereocenters. The van der Waals surface area contributed by atoms with Crippen LogP contribution in [0.1, 0.15) is 79.2 Å². The van der Waals surface area contributed by atoms with Gasteiger partial charge in [-0.25, -0.2) is 0 Å². The highest BCUT2D eigenvalue weighted by Gasteiger charge is 2.42. The highest BCUT2D eigenvalue weighted by atomic mass is 16.5. The van der Waals surface area contributed by atoms with Gasteiger partial charge in [-0.2, -0.15) is 0 Å². The van der Waals surface area contributed by atoms with Crippen molar-refractivity contribution < 1.29 is 43.0 Å². The molecule has 0 aliphatic carbocycles. The van der Waals surface area contributed by atoms with Gasteiger partial charge in [-0.3, -0.25) is 33.7 Å². The second kappa shape index (κ2) is 25.5. The van der Waals surface area contributed by atoms with Crippen molar-refractivity contribution in [3.8, 4) is 0 Å². The number of carbonyl (C=O) groups is 6. The number of nitrogens with one attached hydrogen (secondary N) is 3. The first-order valence-electron chi connectivity index (χ1n) is 21.0. The Balaban J connectivity index is 2.19. The monoisotopic (exact) mass is 832 g/mol. The Labute approximate surface area is 352 Å². The first-order chi connectivity index (χ1) is 27.9. The summed E-state index contributed by atoms with van der Waals surface area (Å²) in [6, 6.07) is 6.42. The normalized spacial score (nSPS) is 18.2. The minimum Gasteiger partial charge on any atom is -0.464 e. The Bertz CT molecular complexity index is 1490. The molecule has 334 valence electrons. The zero-order valence-corrected chi connectivity index (χ0v) is 37.3. The van der Waals surface area contributed by atoms with E-state index in [-0.39, 0.29) is 68.0 Å². The van der Waals surface area contributed by atoms with Crippen molar-refractivity contribution in [3.63, 3.8) is 0 Å². The molecular formula is C43H73N7O9. The number of ether oxygens (including phenoxy) is 3. The van der Waals surface area contributed by atoms with E-state index in [9.17, 15) is 28.8 Å². The molecule has 1 fully saturated rings. The molecule has 5 amide bonds. The fraction of sp³-hybridized carbons (Fsp3) is 0.721. The fourth-order valence-corrected chi connectivity index (χ4v) is 7.92. The van der Waals surface area contributed by atoms with Gasteiger partial charge in [0.1, 0.15) is 12.1 Å². The molecule has 1 aliphatic heterocycles. The van der Waals surface area contributed by atoms with Crippen molar-refractivity contribution in [2.45, 2.75) is 122 Å². The SMILES string of the molecule is CCC(C)C(C(CC(=O)N1CCCC1C(OC)C(C)C(=O)NC(Cc1ccccc1)C(=O)NCCCOC(=O)C(C)N)OC)N(C)C(=O)CNC(=O)C(C(C)C)N(C)C. The summed E-state index contributed by atoms with van der Waals surface area (Å²) in [7, 11) is 8.38. The third-order valence-corrected chi connectivity index (χ3v) is 11.3. The largest absolute Gasteiger partial charge is 0.464 e. The number of likely N-dealkylation sites (N-methyl/N-ethyl adjacent to an activating group) is 2. The van der Waals surface area contributed by atoms with E-state index < -0.39 is 60.2 Å². The molecule has 2 rings (SSSR count). The van der Waals surface area contributed by atoms with Crippen LogP contribution < -0.4 is 21.7 Å². The van der Waals surface area contributed by atoms with Crippen LogP contribution in [0.3, 0.4) is 0 Å². The molecule has 1 aromatic carbocycles. The average molecular weight is 832 g/mol. The van der Waals surface area contributed by atoms with Gasteiger partial charge in [0.25, 0.3) is 0 Å². The van der Waals surface area contributed by atoms with E-state index >= 15 is 0 Å². The molecule has 0 radical (unpaired) electrons. The van der Waals surface area contributed by atoms with E-state index in [1.165, 1.54) is 21.1 Å². The Kier molecular flexibility index (Phi) is 22.0. The van der Waals surface area contributed by atoms with Gasteiger partial charge in [-0.15, -0.1) is 0 Å². The molecule has 0 saturated carbocycles. The standard InChI is InChI=1S/C43H73N7O9/c1-12-28(4)38(49(9)36(52)26-46-42(55)37(27(2)3)48(7)8)34(57-10)25-35(51)50-22-16-20-33(50)39(58-11)29(5)40(53)47-32(24-31-18-14-13-15-19-31)41(54)45-21-17-23-59-43(56)30(6)44/h13-15,18-19,27-30,32-34,37-39H,12,16-17,20-26,44H2,1-11H3,(H,45,54)(H,46,55)(H,47,53). The van der Waals surface area contributed by atoms with Crippen molar-refractivity contribution in [3.05, 3.63) is 35.9 Å². The van der Waals surface area contributed by atoms with Crippen LogP contribution >= 0.6 is 0 Å². The van der Waals surface area contributed by atoms with Gasteiger partial charge < -0.3 is 45.7 Å². The number of rotatable bonds is 25. The molecule has 16 heteroatoms. The van der Waals surface area contributed by atoms with Gasteiger partial charge >= 0.3 is 5.97 Å². The molecule has 59 heavy (non-hydrogen) atoms.